The number of aromatic nitrogens is 1. The number of fused-ring (bicyclic) bond motifs is 7. The molecule has 0 spiro atoms. The lowest BCUT2D eigenvalue weighted by molar-refractivity contribution is 0.660. The maximum Gasteiger partial charge on any atom is 0.0541 e. The lowest BCUT2D eigenvalue weighted by Crippen LogP contribution is -2.16. The van der Waals surface area contributed by atoms with E-state index in [2.05, 4.69) is 254 Å². The van der Waals surface area contributed by atoms with Crippen LogP contribution >= 0.6 is 0 Å². The number of para-hydroxylation sites is 1. The van der Waals surface area contributed by atoms with Crippen molar-refractivity contribution in [1.29, 1.82) is 0 Å². The summed E-state index contributed by atoms with van der Waals surface area (Å²) in [4.78, 5) is 2.42. The highest BCUT2D eigenvalue weighted by atomic mass is 15.1. The summed E-state index contributed by atoms with van der Waals surface area (Å²) < 4.78 is 2.39. The van der Waals surface area contributed by atoms with Crippen molar-refractivity contribution in [3.8, 4) is 50.2 Å². The van der Waals surface area contributed by atoms with Gasteiger partial charge in [-0.3, -0.25) is 0 Å². The van der Waals surface area contributed by atoms with E-state index in [0.29, 0.717) is 0 Å². The van der Waals surface area contributed by atoms with Crippen molar-refractivity contribution in [2.24, 2.45) is 0 Å². The largest absolute Gasteiger partial charge is 0.310 e. The van der Waals surface area contributed by atoms with Crippen LogP contribution in [-0.2, 0) is 5.41 Å². The number of nitrogens with zero attached hydrogens (tertiary/aromatic N) is 2. The molecule has 11 aromatic rings. The zero-order valence-electron chi connectivity index (χ0n) is 35.3. The fourth-order valence-corrected chi connectivity index (χ4v) is 10.1. The Balaban J connectivity index is 0.900. The summed E-state index contributed by atoms with van der Waals surface area (Å²) in [6, 6.07) is 84.6. The predicted octanol–water partition coefficient (Wildman–Crippen LogP) is 16.7. The monoisotopic (exact) mass is 804 g/mol. The highest BCUT2D eigenvalue weighted by Gasteiger charge is 2.35. The minimum absolute atomic E-state index is 0.0999. The van der Waals surface area contributed by atoms with Gasteiger partial charge in [-0.1, -0.05) is 178 Å². The average Bonchev–Trinajstić information content (AvgIpc) is 3.79. The van der Waals surface area contributed by atoms with Gasteiger partial charge in [-0.05, 0) is 133 Å². The number of rotatable bonds is 7. The van der Waals surface area contributed by atoms with Gasteiger partial charge in [-0.2, -0.15) is 0 Å². The second-order valence-corrected chi connectivity index (χ2v) is 17.4. The Bertz CT molecular complexity index is 3520. The third kappa shape index (κ3) is 6.17. The second kappa shape index (κ2) is 14.6. The second-order valence-electron chi connectivity index (χ2n) is 17.4. The van der Waals surface area contributed by atoms with Crippen LogP contribution in [0.4, 0.5) is 17.1 Å². The van der Waals surface area contributed by atoms with Crippen LogP contribution in [0.1, 0.15) is 25.0 Å². The van der Waals surface area contributed by atoms with E-state index in [4.69, 9.17) is 0 Å². The molecule has 0 atom stereocenters. The van der Waals surface area contributed by atoms with Gasteiger partial charge in [-0.25, -0.2) is 0 Å². The molecule has 0 saturated heterocycles. The Morgan fingerprint density at radius 3 is 1.71 bits per heavy atom. The molecule has 0 radical (unpaired) electrons. The average molecular weight is 805 g/mol. The summed E-state index contributed by atoms with van der Waals surface area (Å²) in [5.74, 6) is 0. The van der Waals surface area contributed by atoms with Crippen molar-refractivity contribution in [3.63, 3.8) is 0 Å². The Hall–Kier alpha value is -7.94. The molecule has 1 aliphatic carbocycles. The van der Waals surface area contributed by atoms with Gasteiger partial charge in [0.05, 0.1) is 11.0 Å². The van der Waals surface area contributed by atoms with E-state index in [1.54, 1.807) is 0 Å². The van der Waals surface area contributed by atoms with E-state index in [1.807, 2.05) is 0 Å². The minimum atomic E-state index is -0.0999. The van der Waals surface area contributed by atoms with Crippen LogP contribution in [0.15, 0.2) is 231 Å². The summed E-state index contributed by atoms with van der Waals surface area (Å²) in [5.41, 5.74) is 19.5. The van der Waals surface area contributed by atoms with Crippen molar-refractivity contribution in [2.45, 2.75) is 19.3 Å². The van der Waals surface area contributed by atoms with Crippen molar-refractivity contribution >= 4 is 49.6 Å². The van der Waals surface area contributed by atoms with Crippen molar-refractivity contribution in [3.05, 3.63) is 242 Å². The number of benzene rings is 10. The number of anilines is 3. The summed E-state index contributed by atoms with van der Waals surface area (Å²) in [6.07, 6.45) is 0. The van der Waals surface area contributed by atoms with Crippen molar-refractivity contribution in [2.75, 3.05) is 4.90 Å². The number of hydrogen-bond acceptors (Lipinski definition) is 1. The van der Waals surface area contributed by atoms with Crippen LogP contribution in [0, 0.1) is 0 Å². The molecule has 2 heteroatoms. The number of hydrogen-bond donors (Lipinski definition) is 0. The molecule has 63 heavy (non-hydrogen) atoms. The van der Waals surface area contributed by atoms with E-state index < -0.39 is 0 Å². The molecule has 1 aliphatic rings. The highest BCUT2D eigenvalue weighted by molar-refractivity contribution is 6.10. The molecule has 1 heterocycles. The maximum atomic E-state index is 2.42. The molecule has 0 saturated carbocycles. The molecule has 0 fully saturated rings. The standard InChI is InChI=1S/C61H44N2/c1-61(2)57-21-10-8-19-53(57)54-35-34-52(40-58(54)61)62(51-33-29-42-15-6-7-16-46(42)38-51)50-18-12-17-47(37-50)44-23-25-45(26-24-44)48-30-36-60-56(39-48)55-20-9-11-22-59(55)63(60)49-31-27-43(28-32-49)41-13-4-3-5-14-41/h3-40H,1-2H3. The van der Waals surface area contributed by atoms with Gasteiger partial charge in [0.2, 0.25) is 0 Å². The van der Waals surface area contributed by atoms with Gasteiger partial charge in [0.1, 0.15) is 0 Å². The molecular weight excluding hydrogens is 761 g/mol. The van der Waals surface area contributed by atoms with Gasteiger partial charge >= 0.3 is 0 Å². The molecule has 0 unspecified atom stereocenters. The van der Waals surface area contributed by atoms with Gasteiger partial charge in [-0.15, -0.1) is 0 Å². The van der Waals surface area contributed by atoms with Gasteiger partial charge in [0.25, 0.3) is 0 Å². The van der Waals surface area contributed by atoms with Gasteiger partial charge in [0.15, 0.2) is 0 Å². The molecule has 2 nitrogen and oxygen atoms in total. The zero-order valence-corrected chi connectivity index (χ0v) is 35.3. The molecule has 1 aromatic heterocycles. The van der Waals surface area contributed by atoms with E-state index in [-0.39, 0.29) is 5.41 Å². The fourth-order valence-electron chi connectivity index (χ4n) is 10.1. The first-order valence-corrected chi connectivity index (χ1v) is 21.9. The highest BCUT2D eigenvalue weighted by Crippen LogP contribution is 2.51. The SMILES string of the molecule is CC1(C)c2ccccc2-c2ccc(N(c3cccc(-c4ccc(-c5ccc6c(c5)c5ccccc5n6-c5ccc(-c6ccccc6)cc5)cc4)c3)c3ccc4ccccc4c3)cc21. The molecule has 0 aliphatic heterocycles. The van der Waals surface area contributed by atoms with Crippen LogP contribution < -0.4 is 4.90 Å². The first kappa shape index (κ1) is 36.9. The first-order chi connectivity index (χ1) is 31.0. The molecule has 0 N–H and O–H groups in total. The maximum absolute atomic E-state index is 2.42. The van der Waals surface area contributed by atoms with E-state index in [0.717, 1.165) is 22.7 Å². The summed E-state index contributed by atoms with van der Waals surface area (Å²) in [6.45, 7) is 4.71. The summed E-state index contributed by atoms with van der Waals surface area (Å²) in [5, 5.41) is 4.96. The zero-order chi connectivity index (χ0) is 42.1. The van der Waals surface area contributed by atoms with Crippen LogP contribution in [0.25, 0.3) is 82.8 Å². The third-order valence-electron chi connectivity index (χ3n) is 13.4. The third-order valence-corrected chi connectivity index (χ3v) is 13.4. The molecule has 10 aromatic carbocycles. The first-order valence-electron chi connectivity index (χ1n) is 21.9. The summed E-state index contributed by atoms with van der Waals surface area (Å²) >= 11 is 0. The smallest absolute Gasteiger partial charge is 0.0541 e. The predicted molar refractivity (Wildman–Crippen MR) is 267 cm³/mol. The fraction of sp³-hybridized carbons (Fsp3) is 0.0492. The lowest BCUT2D eigenvalue weighted by Gasteiger charge is -2.28. The Labute approximate surface area is 368 Å². The summed E-state index contributed by atoms with van der Waals surface area (Å²) in [7, 11) is 0. The van der Waals surface area contributed by atoms with Gasteiger partial charge in [0, 0.05) is 38.9 Å². The Kier molecular flexibility index (Phi) is 8.55. The van der Waals surface area contributed by atoms with Crippen molar-refractivity contribution in [1.82, 2.24) is 4.57 Å². The normalized spacial score (nSPS) is 12.7. The minimum Gasteiger partial charge on any atom is -0.310 e. The Morgan fingerprint density at radius 1 is 0.333 bits per heavy atom. The van der Waals surface area contributed by atoms with Crippen molar-refractivity contribution < 1.29 is 0 Å². The van der Waals surface area contributed by atoms with Crippen LogP contribution in [-0.4, -0.2) is 4.57 Å². The van der Waals surface area contributed by atoms with Gasteiger partial charge < -0.3 is 9.47 Å². The van der Waals surface area contributed by atoms with E-state index >= 15 is 0 Å². The van der Waals surface area contributed by atoms with Crippen LogP contribution in [0.2, 0.25) is 0 Å². The lowest BCUT2D eigenvalue weighted by atomic mass is 9.82. The molecule has 0 bridgehead atoms. The van der Waals surface area contributed by atoms with E-state index in [1.165, 1.54) is 88.2 Å². The topological polar surface area (TPSA) is 8.17 Å². The van der Waals surface area contributed by atoms with Crippen LogP contribution in [0.3, 0.4) is 0 Å². The van der Waals surface area contributed by atoms with Crippen LogP contribution in [0.5, 0.6) is 0 Å². The molecule has 298 valence electrons. The van der Waals surface area contributed by atoms with E-state index in [9.17, 15) is 0 Å². The molecular formula is C61H44N2. The quantitative estimate of drug-likeness (QED) is 0.156. The Morgan fingerprint density at radius 2 is 0.889 bits per heavy atom. The molecule has 0 amide bonds. The molecule has 12 rings (SSSR count).